The van der Waals surface area contributed by atoms with Gasteiger partial charge in [0.05, 0.1) is 0 Å². The van der Waals surface area contributed by atoms with Crippen molar-refractivity contribution in [3.63, 3.8) is 0 Å². The number of carbonyl (C=O) groups excluding carboxylic acids is 3. The van der Waals surface area contributed by atoms with E-state index in [0.717, 1.165) is 29.5 Å². The predicted molar refractivity (Wildman–Crippen MR) is 127 cm³/mol. The van der Waals surface area contributed by atoms with Crippen molar-refractivity contribution >= 4 is 17.9 Å². The minimum Gasteiger partial charge on any atom is -0.444 e. The summed E-state index contributed by atoms with van der Waals surface area (Å²) >= 11 is 0. The number of hydrogen-bond donors (Lipinski definition) is 2. The Morgan fingerprint density at radius 1 is 1.06 bits per heavy atom. The number of ether oxygens (including phenoxy) is 1. The summed E-state index contributed by atoms with van der Waals surface area (Å²) in [6.07, 6.45) is 0.938. The van der Waals surface area contributed by atoms with Gasteiger partial charge >= 0.3 is 6.09 Å². The highest BCUT2D eigenvalue weighted by Gasteiger charge is 2.35. The van der Waals surface area contributed by atoms with Crippen molar-refractivity contribution in [2.75, 3.05) is 6.54 Å². The molecule has 0 saturated carbocycles. The van der Waals surface area contributed by atoms with Gasteiger partial charge in [-0.05, 0) is 78.5 Å². The molecule has 1 aromatic carbocycles. The summed E-state index contributed by atoms with van der Waals surface area (Å²) in [6, 6.07) is 4.07. The predicted octanol–water partition coefficient (Wildman–Crippen LogP) is 4.41. The third-order valence-corrected chi connectivity index (χ3v) is 5.07. The van der Waals surface area contributed by atoms with E-state index in [2.05, 4.69) is 10.6 Å². The van der Waals surface area contributed by atoms with Crippen molar-refractivity contribution in [2.24, 2.45) is 0 Å². The van der Waals surface area contributed by atoms with Crippen molar-refractivity contribution in [2.45, 2.75) is 98.9 Å². The quantitative estimate of drug-likeness (QED) is 0.587. The lowest BCUT2D eigenvalue weighted by Gasteiger charge is -2.35. The van der Waals surface area contributed by atoms with Gasteiger partial charge in [-0.15, -0.1) is 0 Å². The van der Waals surface area contributed by atoms with Gasteiger partial charge in [0.15, 0.2) is 0 Å². The Morgan fingerprint density at radius 3 is 2.22 bits per heavy atom. The monoisotopic (exact) mass is 447 g/mol. The summed E-state index contributed by atoms with van der Waals surface area (Å²) in [7, 11) is 0. The van der Waals surface area contributed by atoms with Gasteiger partial charge in [0.2, 0.25) is 11.8 Å². The van der Waals surface area contributed by atoms with Gasteiger partial charge in [0.1, 0.15) is 17.7 Å². The number of alkyl carbamates (subject to hydrolysis) is 1. The Hall–Kier alpha value is -2.57. The van der Waals surface area contributed by atoms with Crippen molar-refractivity contribution in [1.29, 1.82) is 0 Å². The van der Waals surface area contributed by atoms with E-state index < -0.39 is 23.8 Å². The molecule has 3 amide bonds. The molecule has 2 unspecified atom stereocenters. The molecule has 1 aromatic rings. The Bertz CT molecular complexity index is 799. The SMILES string of the molecule is CCCCN(C(=O)C(C)NC(=O)OC(C)(C)C)C(C(=O)NC(C)C)c1cccc(C)c1C. The molecule has 180 valence electrons. The Labute approximate surface area is 193 Å². The number of benzene rings is 1. The fourth-order valence-electron chi connectivity index (χ4n) is 3.37. The van der Waals surface area contributed by atoms with Crippen LogP contribution in [0, 0.1) is 13.8 Å². The maximum atomic E-state index is 13.5. The van der Waals surface area contributed by atoms with E-state index in [0.29, 0.717) is 6.54 Å². The van der Waals surface area contributed by atoms with Crippen molar-refractivity contribution in [1.82, 2.24) is 15.5 Å². The Kier molecular flexibility index (Phi) is 10.2. The zero-order valence-electron chi connectivity index (χ0n) is 21.2. The van der Waals surface area contributed by atoms with Crippen LogP contribution < -0.4 is 10.6 Å². The van der Waals surface area contributed by atoms with Crippen LogP contribution in [0.5, 0.6) is 0 Å². The van der Waals surface area contributed by atoms with Gasteiger partial charge in [0, 0.05) is 12.6 Å². The molecule has 0 aromatic heterocycles. The smallest absolute Gasteiger partial charge is 0.408 e. The molecular weight excluding hydrogens is 406 g/mol. The summed E-state index contributed by atoms with van der Waals surface area (Å²) in [5.74, 6) is -0.559. The minimum absolute atomic E-state index is 0.0736. The van der Waals surface area contributed by atoms with Gasteiger partial charge in [-0.3, -0.25) is 9.59 Å². The normalized spacial score (nSPS) is 13.3. The van der Waals surface area contributed by atoms with E-state index >= 15 is 0 Å². The zero-order valence-corrected chi connectivity index (χ0v) is 21.2. The molecule has 0 aliphatic rings. The third-order valence-electron chi connectivity index (χ3n) is 5.07. The maximum Gasteiger partial charge on any atom is 0.408 e. The van der Waals surface area contributed by atoms with Crippen LogP contribution in [-0.2, 0) is 14.3 Å². The molecule has 0 spiro atoms. The average molecular weight is 448 g/mol. The average Bonchev–Trinajstić information content (AvgIpc) is 2.65. The van der Waals surface area contributed by atoms with Crippen LogP contribution in [-0.4, -0.2) is 47.0 Å². The Balaban J connectivity index is 3.36. The van der Waals surface area contributed by atoms with E-state index in [1.54, 1.807) is 32.6 Å². The molecule has 1 rings (SSSR count). The van der Waals surface area contributed by atoms with E-state index in [9.17, 15) is 14.4 Å². The van der Waals surface area contributed by atoms with Crippen LogP contribution in [0.25, 0.3) is 0 Å². The lowest BCUT2D eigenvalue weighted by atomic mass is 9.94. The van der Waals surface area contributed by atoms with Gasteiger partial charge < -0.3 is 20.3 Å². The molecule has 2 atom stereocenters. The number of rotatable bonds is 9. The zero-order chi connectivity index (χ0) is 24.6. The molecule has 0 aliphatic heterocycles. The molecule has 0 radical (unpaired) electrons. The highest BCUT2D eigenvalue weighted by Crippen LogP contribution is 2.28. The number of unbranched alkanes of at least 4 members (excludes halogenated alkanes) is 1. The number of aryl methyl sites for hydroxylation is 1. The summed E-state index contributed by atoms with van der Waals surface area (Å²) in [5.41, 5.74) is 2.14. The van der Waals surface area contributed by atoms with Crippen LogP contribution in [0.2, 0.25) is 0 Å². The number of carbonyl (C=O) groups is 3. The molecule has 0 aliphatic carbocycles. The summed E-state index contributed by atoms with van der Waals surface area (Å²) in [5, 5.41) is 5.59. The number of nitrogens with one attached hydrogen (secondary N) is 2. The topological polar surface area (TPSA) is 87.7 Å². The first-order chi connectivity index (χ1) is 14.8. The van der Waals surface area contributed by atoms with Gasteiger partial charge in [-0.1, -0.05) is 31.5 Å². The number of amides is 3. The first-order valence-electron chi connectivity index (χ1n) is 11.4. The second-order valence-electron chi connectivity index (χ2n) is 9.61. The largest absolute Gasteiger partial charge is 0.444 e. The fraction of sp³-hybridized carbons (Fsp3) is 0.640. The molecule has 32 heavy (non-hydrogen) atoms. The molecule has 7 nitrogen and oxygen atoms in total. The van der Waals surface area contributed by atoms with Crippen molar-refractivity contribution in [3.05, 3.63) is 34.9 Å². The second-order valence-corrected chi connectivity index (χ2v) is 9.61. The second kappa shape index (κ2) is 11.9. The van der Waals surface area contributed by atoms with Crippen LogP contribution >= 0.6 is 0 Å². The summed E-state index contributed by atoms with van der Waals surface area (Å²) in [6.45, 7) is 17.1. The molecule has 0 fully saturated rings. The molecule has 7 heteroatoms. The van der Waals surface area contributed by atoms with Crippen LogP contribution in [0.3, 0.4) is 0 Å². The first-order valence-corrected chi connectivity index (χ1v) is 11.4. The summed E-state index contributed by atoms with van der Waals surface area (Å²) in [4.78, 5) is 40.7. The molecular formula is C25H41N3O4. The van der Waals surface area contributed by atoms with Gasteiger partial charge in [-0.2, -0.15) is 0 Å². The van der Waals surface area contributed by atoms with Gasteiger partial charge in [0.25, 0.3) is 0 Å². The lowest BCUT2D eigenvalue weighted by Crippen LogP contribution is -2.52. The Morgan fingerprint density at radius 2 is 1.69 bits per heavy atom. The summed E-state index contributed by atoms with van der Waals surface area (Å²) < 4.78 is 5.30. The van der Waals surface area contributed by atoms with Gasteiger partial charge in [-0.25, -0.2) is 4.79 Å². The number of hydrogen-bond acceptors (Lipinski definition) is 4. The van der Waals surface area contributed by atoms with E-state index in [4.69, 9.17) is 4.74 Å². The van der Waals surface area contributed by atoms with Crippen molar-refractivity contribution < 1.29 is 19.1 Å². The van der Waals surface area contributed by atoms with E-state index in [1.807, 2.05) is 52.8 Å². The number of nitrogens with zero attached hydrogens (tertiary/aromatic N) is 1. The van der Waals surface area contributed by atoms with Crippen molar-refractivity contribution in [3.8, 4) is 0 Å². The van der Waals surface area contributed by atoms with Crippen LogP contribution in [0.1, 0.15) is 84.0 Å². The van der Waals surface area contributed by atoms with E-state index in [-0.39, 0.29) is 17.9 Å². The lowest BCUT2D eigenvalue weighted by molar-refractivity contribution is -0.142. The maximum absolute atomic E-state index is 13.5. The van der Waals surface area contributed by atoms with Crippen LogP contribution in [0.4, 0.5) is 4.79 Å². The highest BCUT2D eigenvalue weighted by molar-refractivity contribution is 5.92. The standard InChI is InChI=1S/C25H41N3O4/c1-10-11-15-28(23(30)19(6)27-24(31)32-25(7,8)9)21(22(29)26-16(2)3)20-14-12-13-17(4)18(20)5/h12-14,16,19,21H,10-11,15H2,1-9H3,(H,26,29)(H,27,31). The third kappa shape index (κ3) is 8.17. The van der Waals surface area contributed by atoms with E-state index in [1.165, 1.54) is 0 Å². The van der Waals surface area contributed by atoms with Crippen LogP contribution in [0.15, 0.2) is 18.2 Å². The highest BCUT2D eigenvalue weighted by atomic mass is 16.6. The molecule has 0 saturated heterocycles. The molecule has 0 heterocycles. The fourth-order valence-corrected chi connectivity index (χ4v) is 3.37. The minimum atomic E-state index is -0.846. The molecule has 2 N–H and O–H groups in total. The first kappa shape index (κ1) is 27.5. The molecule has 0 bridgehead atoms.